The molecule has 0 radical (unpaired) electrons. The number of ether oxygens (including phenoxy) is 2. The van der Waals surface area contributed by atoms with Crippen LogP contribution in [0.15, 0.2) is 65.3 Å². The molecule has 1 fully saturated rings. The lowest BCUT2D eigenvalue weighted by atomic mass is 9.86. The number of carbonyl (C=O) groups excluding carboxylic acids is 2. The van der Waals surface area contributed by atoms with Gasteiger partial charge >= 0.3 is 0 Å². The molecule has 2 amide bonds. The van der Waals surface area contributed by atoms with Crippen LogP contribution >= 0.6 is 0 Å². The van der Waals surface area contributed by atoms with Gasteiger partial charge in [0.25, 0.3) is 5.91 Å². The fourth-order valence-electron chi connectivity index (χ4n) is 4.46. The monoisotopic (exact) mass is 518 g/mol. The van der Waals surface area contributed by atoms with Crippen LogP contribution in [-0.4, -0.2) is 55.0 Å². The second kappa shape index (κ2) is 11.8. The third-order valence-electron chi connectivity index (χ3n) is 6.95. The summed E-state index contributed by atoms with van der Waals surface area (Å²) in [4.78, 5) is 30.6. The number of benzene rings is 2. The van der Waals surface area contributed by atoms with Gasteiger partial charge in [-0.15, -0.1) is 0 Å². The molecule has 3 aromatic rings. The number of amides is 2. The smallest absolute Gasteiger partial charge is 0.254 e. The van der Waals surface area contributed by atoms with Crippen LogP contribution in [0.1, 0.15) is 60.9 Å². The maximum atomic E-state index is 13.6. The zero-order valence-electron chi connectivity index (χ0n) is 23.0. The van der Waals surface area contributed by atoms with E-state index in [-0.39, 0.29) is 29.8 Å². The average molecular weight is 519 g/mol. The predicted octanol–water partition coefficient (Wildman–Crippen LogP) is 5.47. The molecule has 202 valence electrons. The van der Waals surface area contributed by atoms with Crippen LogP contribution in [0.2, 0.25) is 0 Å². The molecule has 0 spiro atoms. The van der Waals surface area contributed by atoms with Crippen LogP contribution in [0.25, 0.3) is 0 Å². The maximum absolute atomic E-state index is 13.6. The molecule has 1 aliphatic rings. The summed E-state index contributed by atoms with van der Waals surface area (Å²) in [6, 6.07) is 17.3. The molecule has 4 rings (SSSR count). The van der Waals surface area contributed by atoms with Gasteiger partial charge in [0.2, 0.25) is 5.91 Å². The number of rotatable bonds is 11. The van der Waals surface area contributed by atoms with E-state index in [4.69, 9.17) is 13.9 Å². The Morgan fingerprint density at radius 3 is 2.26 bits per heavy atom. The van der Waals surface area contributed by atoms with Gasteiger partial charge in [-0.2, -0.15) is 0 Å². The van der Waals surface area contributed by atoms with E-state index in [2.05, 4.69) is 20.8 Å². The quantitative estimate of drug-likeness (QED) is 0.337. The molecule has 1 saturated carbocycles. The summed E-state index contributed by atoms with van der Waals surface area (Å²) in [6.45, 7) is 7.29. The van der Waals surface area contributed by atoms with Crippen LogP contribution < -0.4 is 9.47 Å². The lowest BCUT2D eigenvalue weighted by Gasteiger charge is -2.28. The molecule has 7 heteroatoms. The third kappa shape index (κ3) is 6.77. The van der Waals surface area contributed by atoms with E-state index in [9.17, 15) is 9.59 Å². The van der Waals surface area contributed by atoms with Gasteiger partial charge in [-0.1, -0.05) is 39.0 Å². The lowest BCUT2D eigenvalue weighted by molar-refractivity contribution is -0.132. The topological polar surface area (TPSA) is 72.2 Å². The largest absolute Gasteiger partial charge is 0.493 e. The highest BCUT2D eigenvalue weighted by molar-refractivity contribution is 5.97. The van der Waals surface area contributed by atoms with Gasteiger partial charge in [0.1, 0.15) is 12.3 Å². The van der Waals surface area contributed by atoms with Crippen LogP contribution in [0.3, 0.4) is 0 Å². The highest BCUT2D eigenvalue weighted by atomic mass is 16.5. The van der Waals surface area contributed by atoms with Crippen molar-refractivity contribution in [3.05, 3.63) is 83.3 Å². The lowest BCUT2D eigenvalue weighted by Crippen LogP contribution is -2.44. The molecule has 0 aliphatic heterocycles. The molecule has 0 bridgehead atoms. The fraction of sp³-hybridized carbons (Fsp3) is 0.419. The molecule has 1 heterocycles. The fourth-order valence-corrected chi connectivity index (χ4v) is 4.46. The standard InChI is InChI=1S/C31H38N2O5/c1-31(2,3)24-11-9-23(10-12-24)30(35)33(25-13-14-25)21-29(34)32(20-26-7-6-18-38-26)17-16-22-8-15-27(36-4)28(19-22)37-5/h6-12,15,18-19,25H,13-14,16-17,20-21H2,1-5H3. The molecular formula is C31H38N2O5. The van der Waals surface area contributed by atoms with Crippen molar-refractivity contribution in [3.8, 4) is 11.5 Å². The van der Waals surface area contributed by atoms with E-state index in [1.165, 1.54) is 5.56 Å². The van der Waals surface area contributed by atoms with Gasteiger partial charge in [-0.25, -0.2) is 0 Å². The predicted molar refractivity (Wildman–Crippen MR) is 147 cm³/mol. The summed E-state index contributed by atoms with van der Waals surface area (Å²) < 4.78 is 16.3. The normalized spacial score (nSPS) is 13.2. The molecule has 1 aliphatic carbocycles. The number of carbonyl (C=O) groups is 2. The van der Waals surface area contributed by atoms with Crippen molar-refractivity contribution in [2.24, 2.45) is 0 Å². The summed E-state index contributed by atoms with van der Waals surface area (Å²) in [7, 11) is 3.21. The van der Waals surface area contributed by atoms with E-state index in [0.29, 0.717) is 42.3 Å². The van der Waals surface area contributed by atoms with Crippen molar-refractivity contribution in [1.29, 1.82) is 0 Å². The third-order valence-corrected chi connectivity index (χ3v) is 6.95. The van der Waals surface area contributed by atoms with Crippen molar-refractivity contribution in [1.82, 2.24) is 9.80 Å². The number of hydrogen-bond acceptors (Lipinski definition) is 5. The Balaban J connectivity index is 1.49. The first-order chi connectivity index (χ1) is 18.2. The molecule has 0 N–H and O–H groups in total. The van der Waals surface area contributed by atoms with Crippen LogP contribution in [0.5, 0.6) is 11.5 Å². The summed E-state index contributed by atoms with van der Waals surface area (Å²) in [6.07, 6.45) is 4.07. The zero-order valence-corrected chi connectivity index (χ0v) is 23.0. The van der Waals surface area contributed by atoms with Gasteiger partial charge in [-0.3, -0.25) is 9.59 Å². The van der Waals surface area contributed by atoms with Crippen molar-refractivity contribution >= 4 is 11.8 Å². The van der Waals surface area contributed by atoms with E-state index in [1.54, 1.807) is 30.3 Å². The molecule has 0 atom stereocenters. The van der Waals surface area contributed by atoms with E-state index in [0.717, 1.165) is 18.4 Å². The van der Waals surface area contributed by atoms with Gasteiger partial charge < -0.3 is 23.7 Å². The molecule has 2 aromatic carbocycles. The number of methoxy groups -OCH3 is 2. The van der Waals surface area contributed by atoms with Crippen LogP contribution in [0.4, 0.5) is 0 Å². The Labute approximate surface area is 225 Å². The summed E-state index contributed by atoms with van der Waals surface area (Å²) >= 11 is 0. The second-order valence-corrected chi connectivity index (χ2v) is 10.8. The Morgan fingerprint density at radius 1 is 0.974 bits per heavy atom. The van der Waals surface area contributed by atoms with E-state index < -0.39 is 0 Å². The Morgan fingerprint density at radius 2 is 1.68 bits per heavy atom. The summed E-state index contributed by atoms with van der Waals surface area (Å²) in [5, 5.41) is 0. The van der Waals surface area contributed by atoms with Gasteiger partial charge in [0.05, 0.1) is 27.0 Å². The Bertz CT molecular complexity index is 1220. The highest BCUT2D eigenvalue weighted by Crippen LogP contribution is 2.30. The first-order valence-corrected chi connectivity index (χ1v) is 13.1. The average Bonchev–Trinajstić information content (AvgIpc) is 3.63. The van der Waals surface area contributed by atoms with Crippen LogP contribution in [0, 0.1) is 0 Å². The highest BCUT2D eigenvalue weighted by Gasteiger charge is 2.35. The minimum atomic E-state index is -0.103. The van der Waals surface area contributed by atoms with Crippen molar-refractivity contribution in [2.45, 2.75) is 58.0 Å². The van der Waals surface area contributed by atoms with E-state index in [1.807, 2.05) is 54.6 Å². The molecule has 38 heavy (non-hydrogen) atoms. The second-order valence-electron chi connectivity index (χ2n) is 10.8. The minimum Gasteiger partial charge on any atom is -0.493 e. The van der Waals surface area contributed by atoms with Crippen molar-refractivity contribution in [3.63, 3.8) is 0 Å². The number of nitrogens with zero attached hydrogens (tertiary/aromatic N) is 2. The molecule has 0 unspecified atom stereocenters. The first kappa shape index (κ1) is 27.3. The van der Waals surface area contributed by atoms with Crippen molar-refractivity contribution in [2.75, 3.05) is 27.3 Å². The maximum Gasteiger partial charge on any atom is 0.254 e. The number of hydrogen-bond donors (Lipinski definition) is 0. The van der Waals surface area contributed by atoms with E-state index >= 15 is 0 Å². The number of furan rings is 1. The Hall–Kier alpha value is -3.74. The van der Waals surface area contributed by atoms with Gasteiger partial charge in [-0.05, 0) is 72.2 Å². The molecular weight excluding hydrogens is 480 g/mol. The molecule has 1 aromatic heterocycles. The first-order valence-electron chi connectivity index (χ1n) is 13.1. The van der Waals surface area contributed by atoms with Gasteiger partial charge in [0, 0.05) is 18.2 Å². The molecule has 7 nitrogen and oxygen atoms in total. The SMILES string of the molecule is COc1ccc(CCN(Cc2ccco2)C(=O)CN(C(=O)c2ccc(C(C)(C)C)cc2)C2CC2)cc1OC. The summed E-state index contributed by atoms with van der Waals surface area (Å²) in [5.74, 6) is 1.81. The molecule has 0 saturated heterocycles. The minimum absolute atomic E-state index is 0.00792. The van der Waals surface area contributed by atoms with Crippen LogP contribution in [-0.2, 0) is 23.2 Å². The summed E-state index contributed by atoms with van der Waals surface area (Å²) in [5.41, 5.74) is 2.81. The Kier molecular flexibility index (Phi) is 8.45. The van der Waals surface area contributed by atoms with Gasteiger partial charge in [0.15, 0.2) is 11.5 Å². The zero-order chi connectivity index (χ0) is 27.3. The van der Waals surface area contributed by atoms with Crippen molar-refractivity contribution < 1.29 is 23.5 Å².